The maximum Gasteiger partial charge on any atom is 0.333 e. The Morgan fingerprint density at radius 2 is 1.59 bits per heavy atom. The standard InChI is InChI=1S/C41H54O3/c1-7-9-10-11-32-12-17-36(24-29(32)5)40-21-19-37(26-31(40)8-2)39-20-18-35(25-30(39)6)33-13-15-34(16-14-33)38(22-23-42)27-44-41(43)28(3)4/h12,17-21,24-26,33-34,38,42H,3,7-11,13-16,22-23,27H2,1-2,4-6H3. The van der Waals surface area contributed by atoms with Gasteiger partial charge in [0.05, 0.1) is 6.61 Å². The summed E-state index contributed by atoms with van der Waals surface area (Å²) in [6.45, 7) is 14.9. The van der Waals surface area contributed by atoms with Gasteiger partial charge in [0.15, 0.2) is 0 Å². The molecule has 1 atom stereocenters. The van der Waals surface area contributed by atoms with Crippen molar-refractivity contribution in [1.29, 1.82) is 0 Å². The van der Waals surface area contributed by atoms with Gasteiger partial charge in [0.25, 0.3) is 0 Å². The van der Waals surface area contributed by atoms with Gasteiger partial charge in [-0.3, -0.25) is 0 Å². The number of aryl methyl sites for hydroxylation is 4. The summed E-state index contributed by atoms with van der Waals surface area (Å²) in [5, 5.41) is 9.62. The van der Waals surface area contributed by atoms with Crippen LogP contribution in [-0.4, -0.2) is 24.3 Å². The molecule has 0 radical (unpaired) electrons. The molecule has 0 saturated heterocycles. The number of esters is 1. The van der Waals surface area contributed by atoms with Crippen LogP contribution in [-0.2, 0) is 22.4 Å². The Morgan fingerprint density at radius 3 is 2.23 bits per heavy atom. The fraction of sp³-hybridized carbons (Fsp3) is 0.488. The van der Waals surface area contributed by atoms with E-state index in [1.54, 1.807) is 6.92 Å². The lowest BCUT2D eigenvalue weighted by Gasteiger charge is -2.34. The highest BCUT2D eigenvalue weighted by molar-refractivity contribution is 5.86. The minimum Gasteiger partial charge on any atom is -0.462 e. The molecular formula is C41H54O3. The lowest BCUT2D eigenvalue weighted by Crippen LogP contribution is -2.27. The van der Waals surface area contributed by atoms with Gasteiger partial charge in [-0.25, -0.2) is 4.79 Å². The van der Waals surface area contributed by atoms with E-state index in [1.807, 2.05) is 0 Å². The van der Waals surface area contributed by atoms with Crippen molar-refractivity contribution in [3.8, 4) is 22.3 Å². The van der Waals surface area contributed by atoms with Crippen LogP contribution in [0.1, 0.15) is 106 Å². The van der Waals surface area contributed by atoms with E-state index in [2.05, 4.69) is 88.9 Å². The average molecular weight is 595 g/mol. The molecule has 3 heteroatoms. The zero-order valence-electron chi connectivity index (χ0n) is 27.9. The smallest absolute Gasteiger partial charge is 0.333 e. The van der Waals surface area contributed by atoms with Gasteiger partial charge in [0.2, 0.25) is 0 Å². The van der Waals surface area contributed by atoms with Gasteiger partial charge in [0, 0.05) is 12.2 Å². The fourth-order valence-electron chi connectivity index (χ4n) is 7.16. The number of carbonyl (C=O) groups excluding carboxylic acids is 1. The van der Waals surface area contributed by atoms with Gasteiger partial charge >= 0.3 is 5.97 Å². The molecule has 3 nitrogen and oxygen atoms in total. The third-order valence-corrected chi connectivity index (χ3v) is 9.94. The quantitative estimate of drug-likeness (QED) is 0.115. The SMILES string of the molecule is C=C(C)C(=O)OCC(CCO)C1CCC(c2ccc(-c3ccc(-c4ccc(CCCCC)c(C)c4)c(CC)c3)c(C)c2)CC1. The summed E-state index contributed by atoms with van der Waals surface area (Å²) < 4.78 is 5.48. The fourth-order valence-corrected chi connectivity index (χ4v) is 7.16. The van der Waals surface area contributed by atoms with Crippen LogP contribution in [0.5, 0.6) is 0 Å². The highest BCUT2D eigenvalue weighted by atomic mass is 16.5. The normalized spacial score (nSPS) is 17.3. The highest BCUT2D eigenvalue weighted by Gasteiger charge is 2.29. The maximum absolute atomic E-state index is 11.9. The van der Waals surface area contributed by atoms with E-state index in [-0.39, 0.29) is 18.5 Å². The van der Waals surface area contributed by atoms with Gasteiger partial charge in [-0.2, -0.15) is 0 Å². The summed E-state index contributed by atoms with van der Waals surface area (Å²) in [6, 6.07) is 21.1. The van der Waals surface area contributed by atoms with Crippen LogP contribution in [0.2, 0.25) is 0 Å². The molecule has 0 spiro atoms. The number of aliphatic hydroxyl groups is 1. The van der Waals surface area contributed by atoms with Crippen molar-refractivity contribution in [2.45, 2.75) is 105 Å². The Kier molecular flexibility index (Phi) is 12.4. The topological polar surface area (TPSA) is 46.5 Å². The van der Waals surface area contributed by atoms with Crippen LogP contribution in [0.25, 0.3) is 22.3 Å². The average Bonchev–Trinajstić information content (AvgIpc) is 3.03. The number of hydrogen-bond acceptors (Lipinski definition) is 3. The van der Waals surface area contributed by atoms with E-state index >= 15 is 0 Å². The number of unbranched alkanes of at least 4 members (excludes halogenated alkanes) is 2. The third kappa shape index (κ3) is 8.51. The minimum absolute atomic E-state index is 0.127. The van der Waals surface area contributed by atoms with E-state index < -0.39 is 0 Å². The van der Waals surface area contributed by atoms with Crippen LogP contribution in [0.15, 0.2) is 66.7 Å². The largest absolute Gasteiger partial charge is 0.462 e. The summed E-state index contributed by atoms with van der Waals surface area (Å²) in [7, 11) is 0. The second-order valence-corrected chi connectivity index (χ2v) is 13.2. The van der Waals surface area contributed by atoms with Crippen LogP contribution >= 0.6 is 0 Å². The van der Waals surface area contributed by atoms with Gasteiger partial charge < -0.3 is 9.84 Å². The Balaban J connectivity index is 1.44. The molecule has 0 amide bonds. The van der Waals surface area contributed by atoms with E-state index in [0.717, 1.165) is 32.1 Å². The van der Waals surface area contributed by atoms with E-state index in [9.17, 15) is 9.90 Å². The molecule has 44 heavy (non-hydrogen) atoms. The molecule has 0 heterocycles. The third-order valence-electron chi connectivity index (χ3n) is 9.94. The van der Waals surface area contributed by atoms with Crippen molar-refractivity contribution in [3.05, 3.63) is 94.6 Å². The summed E-state index contributed by atoms with van der Waals surface area (Å²) in [5.41, 5.74) is 12.7. The predicted octanol–water partition coefficient (Wildman–Crippen LogP) is 10.3. The number of benzene rings is 3. The minimum atomic E-state index is -0.334. The molecule has 236 valence electrons. The first-order chi connectivity index (χ1) is 21.2. The van der Waals surface area contributed by atoms with E-state index in [0.29, 0.717) is 30.4 Å². The molecule has 3 aromatic rings. The zero-order valence-corrected chi connectivity index (χ0v) is 27.9. The Hall–Kier alpha value is -3.17. The van der Waals surface area contributed by atoms with Crippen LogP contribution in [0.4, 0.5) is 0 Å². The Morgan fingerprint density at radius 1 is 0.886 bits per heavy atom. The van der Waals surface area contributed by atoms with Crippen molar-refractivity contribution in [3.63, 3.8) is 0 Å². The number of aliphatic hydroxyl groups excluding tert-OH is 1. The van der Waals surface area contributed by atoms with Crippen molar-refractivity contribution >= 4 is 5.97 Å². The van der Waals surface area contributed by atoms with Crippen LogP contribution in [0, 0.1) is 25.7 Å². The molecule has 0 aliphatic heterocycles. The monoisotopic (exact) mass is 594 g/mol. The first-order valence-electron chi connectivity index (χ1n) is 17.0. The molecule has 1 saturated carbocycles. The van der Waals surface area contributed by atoms with Crippen LogP contribution < -0.4 is 0 Å². The zero-order chi connectivity index (χ0) is 31.6. The molecule has 1 aliphatic carbocycles. The summed E-state index contributed by atoms with van der Waals surface area (Å²) >= 11 is 0. The molecule has 1 fully saturated rings. The van der Waals surface area contributed by atoms with Gasteiger partial charge in [-0.1, -0.05) is 87.9 Å². The molecule has 1 aliphatic rings. The molecule has 1 N–H and O–H groups in total. The van der Waals surface area contributed by atoms with Crippen LogP contribution in [0.3, 0.4) is 0 Å². The molecule has 4 rings (SSSR count). The van der Waals surface area contributed by atoms with Crippen molar-refractivity contribution in [1.82, 2.24) is 0 Å². The molecule has 3 aromatic carbocycles. The molecule has 0 aromatic heterocycles. The number of hydrogen-bond donors (Lipinski definition) is 1. The summed E-state index contributed by atoms with van der Waals surface area (Å²) in [6.07, 6.45) is 11.1. The van der Waals surface area contributed by atoms with Crippen molar-refractivity contribution < 1.29 is 14.6 Å². The van der Waals surface area contributed by atoms with Crippen molar-refractivity contribution in [2.75, 3.05) is 13.2 Å². The highest BCUT2D eigenvalue weighted by Crippen LogP contribution is 2.41. The molecular weight excluding hydrogens is 540 g/mol. The second-order valence-electron chi connectivity index (χ2n) is 13.2. The van der Waals surface area contributed by atoms with Crippen molar-refractivity contribution in [2.24, 2.45) is 11.8 Å². The van der Waals surface area contributed by atoms with E-state index in [4.69, 9.17) is 4.74 Å². The van der Waals surface area contributed by atoms with Gasteiger partial charge in [0.1, 0.15) is 0 Å². The lowest BCUT2D eigenvalue weighted by molar-refractivity contribution is -0.141. The Labute approximate surface area is 266 Å². The maximum atomic E-state index is 11.9. The molecule has 0 bridgehead atoms. The lowest BCUT2D eigenvalue weighted by atomic mass is 9.73. The second kappa shape index (κ2) is 16.2. The predicted molar refractivity (Wildman–Crippen MR) is 185 cm³/mol. The number of rotatable bonds is 14. The molecule has 1 unspecified atom stereocenters. The number of carbonyl (C=O) groups is 1. The summed E-state index contributed by atoms with van der Waals surface area (Å²) in [5.74, 6) is 0.897. The van der Waals surface area contributed by atoms with Gasteiger partial charge in [-0.05, 0) is 140 Å². The first kappa shape index (κ1) is 33.7. The van der Waals surface area contributed by atoms with E-state index in [1.165, 1.54) is 75.8 Å². The summed E-state index contributed by atoms with van der Waals surface area (Å²) in [4.78, 5) is 11.9. The number of ether oxygens (including phenoxy) is 1. The Bertz CT molecular complexity index is 1410. The first-order valence-corrected chi connectivity index (χ1v) is 17.0. The van der Waals surface area contributed by atoms with Gasteiger partial charge in [-0.15, -0.1) is 0 Å².